The summed E-state index contributed by atoms with van der Waals surface area (Å²) in [4.78, 5) is 19.7. The number of halogens is 3. The first kappa shape index (κ1) is 20.0. The predicted octanol–water partition coefficient (Wildman–Crippen LogP) is 3.05. The molecule has 0 radical (unpaired) electrons. The molecule has 3 aromatic heterocycles. The van der Waals surface area contributed by atoms with E-state index in [1.165, 1.54) is 24.7 Å². The number of aromatic amines is 1. The number of H-pyrrole nitrogens is 1. The van der Waals surface area contributed by atoms with Gasteiger partial charge in [0.1, 0.15) is 12.2 Å². The summed E-state index contributed by atoms with van der Waals surface area (Å²) in [6.45, 7) is 0.606. The van der Waals surface area contributed by atoms with Crippen LogP contribution in [0.25, 0.3) is 22.3 Å². The molecule has 1 atom stereocenters. The van der Waals surface area contributed by atoms with Crippen LogP contribution in [0.2, 0.25) is 0 Å². The number of pyridine rings is 1. The maximum Gasteiger partial charge on any atom is 0.408 e. The highest BCUT2D eigenvalue weighted by Crippen LogP contribution is 2.55. The molecule has 1 unspecified atom stereocenters. The van der Waals surface area contributed by atoms with Crippen molar-refractivity contribution in [3.8, 4) is 11.4 Å². The Morgan fingerprint density at radius 3 is 2.87 bits per heavy atom. The quantitative estimate of drug-likeness (QED) is 0.660. The normalized spacial score (nSPS) is 21.0. The molecule has 1 aliphatic carbocycles. The minimum atomic E-state index is -4.39. The smallest absolute Gasteiger partial charge is 0.323 e. The number of amides is 1. The van der Waals surface area contributed by atoms with Crippen molar-refractivity contribution in [2.24, 2.45) is 11.3 Å². The van der Waals surface area contributed by atoms with E-state index in [1.54, 1.807) is 0 Å². The lowest BCUT2D eigenvalue weighted by Gasteiger charge is -2.36. The van der Waals surface area contributed by atoms with Gasteiger partial charge in [0.15, 0.2) is 0 Å². The van der Waals surface area contributed by atoms with Gasteiger partial charge in [0.05, 0.1) is 29.3 Å². The number of nitrogens with one attached hydrogen (secondary N) is 2. The molecule has 11 heteroatoms. The Kier molecular flexibility index (Phi) is 4.54. The number of likely N-dealkylation sites (tertiary alicyclic amines) is 1. The largest absolute Gasteiger partial charge is 0.408 e. The summed E-state index contributed by atoms with van der Waals surface area (Å²) in [5, 5.41) is 14.1. The second-order valence-electron chi connectivity index (χ2n) is 8.64. The van der Waals surface area contributed by atoms with E-state index in [2.05, 4.69) is 37.5 Å². The van der Waals surface area contributed by atoms with Crippen molar-refractivity contribution in [1.82, 2.24) is 29.9 Å². The van der Waals surface area contributed by atoms with Crippen molar-refractivity contribution in [2.45, 2.75) is 32.0 Å². The number of hydrogen-bond donors (Lipinski definition) is 2. The SMILES string of the molecule is CN1CCC(C(=O)Nc2cn[nH]c2-c2cc3c(cn2)cnn3CC(F)(F)F)C2(CC2)C1. The molecule has 2 fully saturated rings. The molecule has 0 aromatic carbocycles. The fraction of sp³-hybridized carbons (Fsp3) is 0.500. The molecule has 0 bridgehead atoms. The molecule has 5 rings (SSSR count). The lowest BCUT2D eigenvalue weighted by atomic mass is 9.82. The van der Waals surface area contributed by atoms with Crippen molar-refractivity contribution in [3.63, 3.8) is 0 Å². The number of fused-ring (bicyclic) bond motifs is 1. The van der Waals surface area contributed by atoms with E-state index in [0.29, 0.717) is 28.0 Å². The monoisotopic (exact) mass is 433 g/mol. The Morgan fingerprint density at radius 1 is 1.32 bits per heavy atom. The summed E-state index contributed by atoms with van der Waals surface area (Å²) in [7, 11) is 2.08. The summed E-state index contributed by atoms with van der Waals surface area (Å²) in [6, 6.07) is 1.52. The fourth-order valence-corrected chi connectivity index (χ4v) is 4.66. The van der Waals surface area contributed by atoms with Crippen molar-refractivity contribution < 1.29 is 18.0 Å². The van der Waals surface area contributed by atoms with E-state index >= 15 is 0 Å². The Hall–Kier alpha value is -2.95. The second-order valence-corrected chi connectivity index (χ2v) is 8.64. The molecule has 2 N–H and O–H groups in total. The van der Waals surface area contributed by atoms with Crippen molar-refractivity contribution in [1.29, 1.82) is 0 Å². The number of carbonyl (C=O) groups excluding carboxylic acids is 1. The van der Waals surface area contributed by atoms with Crippen molar-refractivity contribution in [3.05, 3.63) is 24.7 Å². The van der Waals surface area contributed by atoms with E-state index in [0.717, 1.165) is 37.0 Å². The minimum absolute atomic E-state index is 0.0450. The molecule has 4 heterocycles. The maximum atomic E-state index is 13.1. The van der Waals surface area contributed by atoms with Gasteiger partial charge in [-0.1, -0.05) is 0 Å². The molecule has 1 spiro atoms. The highest BCUT2D eigenvalue weighted by molar-refractivity contribution is 5.97. The highest BCUT2D eigenvalue weighted by atomic mass is 19.4. The average Bonchev–Trinajstić information content (AvgIpc) is 3.12. The molecule has 1 aliphatic heterocycles. The second kappa shape index (κ2) is 7.04. The molecule has 1 amide bonds. The van der Waals surface area contributed by atoms with Crippen LogP contribution in [0.1, 0.15) is 19.3 Å². The number of carbonyl (C=O) groups is 1. The Balaban J connectivity index is 1.41. The van der Waals surface area contributed by atoms with Crippen LogP contribution in [0.15, 0.2) is 24.7 Å². The van der Waals surface area contributed by atoms with Crippen molar-refractivity contribution in [2.75, 3.05) is 25.5 Å². The molecular weight excluding hydrogens is 411 g/mol. The van der Waals surface area contributed by atoms with Gasteiger partial charge in [0, 0.05) is 24.0 Å². The van der Waals surface area contributed by atoms with E-state index in [1.807, 2.05) is 0 Å². The van der Waals surface area contributed by atoms with Crippen LogP contribution in [-0.4, -0.2) is 62.1 Å². The van der Waals surface area contributed by atoms with E-state index in [9.17, 15) is 18.0 Å². The van der Waals surface area contributed by atoms with E-state index in [-0.39, 0.29) is 17.2 Å². The van der Waals surface area contributed by atoms with Gasteiger partial charge < -0.3 is 10.2 Å². The molecule has 1 saturated carbocycles. The highest BCUT2D eigenvalue weighted by Gasteiger charge is 2.54. The number of piperidine rings is 1. The first-order chi connectivity index (χ1) is 14.7. The number of hydrogen-bond acceptors (Lipinski definition) is 5. The summed E-state index contributed by atoms with van der Waals surface area (Å²) < 4.78 is 39.5. The van der Waals surface area contributed by atoms with E-state index < -0.39 is 12.7 Å². The molecule has 3 aromatic rings. The summed E-state index contributed by atoms with van der Waals surface area (Å²) in [6.07, 6.45) is 2.83. The number of nitrogens with zero attached hydrogens (tertiary/aromatic N) is 5. The van der Waals surface area contributed by atoms with Gasteiger partial charge in [-0.2, -0.15) is 23.4 Å². The molecule has 1 saturated heterocycles. The summed E-state index contributed by atoms with van der Waals surface area (Å²) in [5.41, 5.74) is 1.67. The summed E-state index contributed by atoms with van der Waals surface area (Å²) >= 11 is 0. The van der Waals surface area contributed by atoms with Gasteiger partial charge in [0.2, 0.25) is 5.91 Å². The Morgan fingerprint density at radius 2 is 2.13 bits per heavy atom. The zero-order valence-corrected chi connectivity index (χ0v) is 16.9. The Labute approximate surface area is 175 Å². The molecule has 31 heavy (non-hydrogen) atoms. The number of anilines is 1. The van der Waals surface area contributed by atoms with Gasteiger partial charge in [-0.3, -0.25) is 19.6 Å². The number of alkyl halides is 3. The topological polar surface area (TPSA) is 91.7 Å². The third-order valence-corrected chi connectivity index (χ3v) is 6.34. The van der Waals surface area contributed by atoms with E-state index in [4.69, 9.17) is 0 Å². The van der Waals surface area contributed by atoms with Crippen LogP contribution in [0.5, 0.6) is 0 Å². The first-order valence-corrected chi connectivity index (χ1v) is 10.2. The van der Waals surface area contributed by atoms with Crippen LogP contribution in [0.4, 0.5) is 18.9 Å². The zero-order chi connectivity index (χ0) is 21.8. The fourth-order valence-electron chi connectivity index (χ4n) is 4.66. The zero-order valence-electron chi connectivity index (χ0n) is 16.9. The summed E-state index contributed by atoms with van der Waals surface area (Å²) in [5.74, 6) is -0.105. The molecular formula is C20H22F3N7O. The van der Waals surface area contributed by atoms with Crippen LogP contribution in [-0.2, 0) is 11.3 Å². The number of rotatable bonds is 4. The third kappa shape index (κ3) is 3.78. The number of aromatic nitrogens is 5. The predicted molar refractivity (Wildman–Crippen MR) is 107 cm³/mol. The van der Waals surface area contributed by atoms with Crippen molar-refractivity contribution >= 4 is 22.5 Å². The molecule has 8 nitrogen and oxygen atoms in total. The third-order valence-electron chi connectivity index (χ3n) is 6.34. The molecule has 164 valence electrons. The average molecular weight is 433 g/mol. The lowest BCUT2D eigenvalue weighted by molar-refractivity contribution is -0.141. The van der Waals surface area contributed by atoms with Gasteiger partial charge in [-0.25, -0.2) is 0 Å². The molecule has 2 aliphatic rings. The van der Waals surface area contributed by atoms with Crippen LogP contribution >= 0.6 is 0 Å². The standard InChI is InChI=1S/C20H22F3N7O/c1-29-5-2-13(19(10-29)3-4-19)18(31)27-15-9-25-28-17(15)14-6-16-12(7-24-14)8-26-30(16)11-20(21,22)23/h6-9,13H,2-5,10-11H2,1H3,(H,25,28)(H,27,31). The Bertz CT molecular complexity index is 1130. The first-order valence-electron chi connectivity index (χ1n) is 10.2. The van der Waals surface area contributed by atoms with Crippen LogP contribution < -0.4 is 5.32 Å². The van der Waals surface area contributed by atoms with Gasteiger partial charge in [-0.05, 0) is 44.3 Å². The minimum Gasteiger partial charge on any atom is -0.323 e. The van der Waals surface area contributed by atoms with Gasteiger partial charge in [-0.15, -0.1) is 0 Å². The lowest BCUT2D eigenvalue weighted by Crippen LogP contribution is -2.44. The van der Waals surface area contributed by atoms with Gasteiger partial charge in [0.25, 0.3) is 0 Å². The van der Waals surface area contributed by atoms with Crippen LogP contribution in [0.3, 0.4) is 0 Å². The maximum absolute atomic E-state index is 13.1. The van der Waals surface area contributed by atoms with Crippen LogP contribution in [0, 0.1) is 11.3 Å². The van der Waals surface area contributed by atoms with Gasteiger partial charge >= 0.3 is 6.18 Å².